The largest absolute Gasteiger partial charge is 0.486 e. The molecule has 8 heteroatoms. The summed E-state index contributed by atoms with van der Waals surface area (Å²) < 4.78 is 24.7. The van der Waals surface area contributed by atoms with Crippen LogP contribution in [0, 0.1) is 11.7 Å². The van der Waals surface area contributed by atoms with Crippen molar-refractivity contribution in [1.29, 1.82) is 0 Å². The first-order valence-electron chi connectivity index (χ1n) is 11.9. The van der Waals surface area contributed by atoms with Gasteiger partial charge in [0.2, 0.25) is 11.8 Å². The molecule has 3 aromatic rings. The number of thioether (sulfide) groups is 1. The number of anilines is 1. The van der Waals surface area contributed by atoms with Gasteiger partial charge in [0.1, 0.15) is 24.3 Å². The van der Waals surface area contributed by atoms with Crippen LogP contribution in [0.15, 0.2) is 71.6 Å². The third-order valence-electron chi connectivity index (χ3n) is 6.47. The van der Waals surface area contributed by atoms with Crippen LogP contribution in [0.2, 0.25) is 0 Å². The summed E-state index contributed by atoms with van der Waals surface area (Å²) >= 11 is 1.41. The molecule has 186 valence electrons. The van der Waals surface area contributed by atoms with Gasteiger partial charge in [0.05, 0.1) is 24.2 Å². The maximum Gasteiger partial charge on any atom is 0.241 e. The molecule has 0 spiro atoms. The Morgan fingerprint density at radius 2 is 1.78 bits per heavy atom. The number of amides is 2. The lowest BCUT2D eigenvalue weighted by Crippen LogP contribution is -2.47. The van der Waals surface area contributed by atoms with Gasteiger partial charge in [0.15, 0.2) is 11.5 Å². The van der Waals surface area contributed by atoms with E-state index >= 15 is 0 Å². The molecular formula is C28H27FN2O4S. The van der Waals surface area contributed by atoms with Crippen LogP contribution in [0.25, 0.3) is 0 Å². The SMILES string of the molecule is CC(NC(=O)C(C)C1Sc2ccccc2N(Cc2ccc(F)cc2)C1=O)c1ccc2c(c1)OCCO2. The molecule has 2 aliphatic rings. The number of nitrogens with one attached hydrogen (secondary N) is 1. The van der Waals surface area contributed by atoms with Gasteiger partial charge >= 0.3 is 0 Å². The highest BCUT2D eigenvalue weighted by Crippen LogP contribution is 2.42. The summed E-state index contributed by atoms with van der Waals surface area (Å²) in [6.45, 7) is 5.00. The molecule has 0 fully saturated rings. The number of carbonyl (C=O) groups is 2. The van der Waals surface area contributed by atoms with Gasteiger partial charge in [-0.2, -0.15) is 0 Å². The lowest BCUT2D eigenvalue weighted by molar-refractivity contribution is -0.128. The van der Waals surface area contributed by atoms with Crippen LogP contribution in [0.4, 0.5) is 10.1 Å². The van der Waals surface area contributed by atoms with Crippen molar-refractivity contribution in [3.63, 3.8) is 0 Å². The first kappa shape index (κ1) is 24.2. The van der Waals surface area contributed by atoms with Crippen LogP contribution in [0.5, 0.6) is 11.5 Å². The van der Waals surface area contributed by atoms with Crippen molar-refractivity contribution in [2.45, 2.75) is 36.6 Å². The minimum atomic E-state index is -0.590. The molecule has 0 radical (unpaired) electrons. The summed E-state index contributed by atoms with van der Waals surface area (Å²) in [5, 5.41) is 2.46. The van der Waals surface area contributed by atoms with E-state index in [0.717, 1.165) is 21.7 Å². The summed E-state index contributed by atoms with van der Waals surface area (Å²) in [6.07, 6.45) is 0. The molecule has 0 aliphatic carbocycles. The van der Waals surface area contributed by atoms with Crippen LogP contribution in [0.3, 0.4) is 0 Å². The van der Waals surface area contributed by atoms with E-state index in [2.05, 4.69) is 5.32 Å². The molecule has 1 N–H and O–H groups in total. The Morgan fingerprint density at radius 1 is 1.06 bits per heavy atom. The Morgan fingerprint density at radius 3 is 2.56 bits per heavy atom. The third kappa shape index (κ3) is 4.91. The average molecular weight is 507 g/mol. The zero-order chi connectivity index (χ0) is 25.2. The topological polar surface area (TPSA) is 67.9 Å². The number of hydrogen-bond acceptors (Lipinski definition) is 5. The van der Waals surface area contributed by atoms with Crippen molar-refractivity contribution in [3.05, 3.63) is 83.7 Å². The molecule has 0 bridgehead atoms. The molecule has 6 nitrogen and oxygen atoms in total. The van der Waals surface area contributed by atoms with Crippen LogP contribution >= 0.6 is 11.8 Å². The monoisotopic (exact) mass is 506 g/mol. The highest BCUT2D eigenvalue weighted by atomic mass is 32.2. The van der Waals surface area contributed by atoms with Crippen LogP contribution in [-0.4, -0.2) is 30.3 Å². The highest BCUT2D eigenvalue weighted by molar-refractivity contribution is 8.01. The summed E-state index contributed by atoms with van der Waals surface area (Å²) in [5.74, 6) is 0.114. The molecule has 5 rings (SSSR count). The smallest absolute Gasteiger partial charge is 0.241 e. The van der Waals surface area contributed by atoms with Gasteiger partial charge in [0.25, 0.3) is 0 Å². The number of nitrogens with zero attached hydrogens (tertiary/aromatic N) is 1. The maximum atomic E-state index is 13.6. The quantitative estimate of drug-likeness (QED) is 0.503. The first-order valence-corrected chi connectivity index (χ1v) is 12.8. The first-order chi connectivity index (χ1) is 17.4. The minimum Gasteiger partial charge on any atom is -0.486 e. The molecule has 0 aromatic heterocycles. The summed E-state index contributed by atoms with van der Waals surface area (Å²) in [4.78, 5) is 29.6. The van der Waals surface area contributed by atoms with E-state index in [1.165, 1.54) is 23.9 Å². The molecule has 2 aliphatic heterocycles. The molecule has 2 amide bonds. The Bertz CT molecular complexity index is 1280. The van der Waals surface area contributed by atoms with E-state index in [0.29, 0.717) is 31.3 Å². The van der Waals surface area contributed by atoms with Crippen LogP contribution < -0.4 is 19.7 Å². The number of halogens is 1. The number of carbonyl (C=O) groups excluding carboxylic acids is 2. The zero-order valence-electron chi connectivity index (χ0n) is 20.1. The predicted molar refractivity (Wildman–Crippen MR) is 137 cm³/mol. The van der Waals surface area contributed by atoms with Crippen LogP contribution in [0.1, 0.15) is 31.0 Å². The van der Waals surface area contributed by atoms with E-state index in [1.807, 2.05) is 49.4 Å². The Balaban J connectivity index is 1.33. The molecule has 3 atom stereocenters. The summed E-state index contributed by atoms with van der Waals surface area (Å²) in [6, 6.07) is 19.1. The second kappa shape index (κ2) is 10.2. The highest BCUT2D eigenvalue weighted by Gasteiger charge is 2.39. The van der Waals surface area contributed by atoms with Gasteiger partial charge in [-0.15, -0.1) is 11.8 Å². The Labute approximate surface area is 213 Å². The van der Waals surface area contributed by atoms with Crippen molar-refractivity contribution in [3.8, 4) is 11.5 Å². The number of fused-ring (bicyclic) bond motifs is 2. The second-order valence-electron chi connectivity index (χ2n) is 8.98. The van der Waals surface area contributed by atoms with E-state index in [4.69, 9.17) is 9.47 Å². The molecule has 0 saturated heterocycles. The molecule has 0 saturated carbocycles. The van der Waals surface area contributed by atoms with Gasteiger partial charge < -0.3 is 19.7 Å². The Kier molecular flexibility index (Phi) is 6.87. The van der Waals surface area contributed by atoms with Crippen molar-refractivity contribution < 1.29 is 23.5 Å². The van der Waals surface area contributed by atoms with E-state index in [9.17, 15) is 14.0 Å². The molecule has 36 heavy (non-hydrogen) atoms. The normalized spacial score (nSPS) is 18.2. The number of rotatable bonds is 6. The van der Waals surface area contributed by atoms with Crippen LogP contribution in [-0.2, 0) is 16.1 Å². The lowest BCUT2D eigenvalue weighted by atomic mass is 10.0. The number of hydrogen-bond donors (Lipinski definition) is 1. The zero-order valence-corrected chi connectivity index (χ0v) is 20.9. The molecule has 3 unspecified atom stereocenters. The second-order valence-corrected chi connectivity index (χ2v) is 10.2. The third-order valence-corrected chi connectivity index (χ3v) is 7.93. The fraction of sp³-hybridized carbons (Fsp3) is 0.286. The molecular weight excluding hydrogens is 479 g/mol. The predicted octanol–water partition coefficient (Wildman–Crippen LogP) is 5.12. The Hall–Kier alpha value is -3.52. The van der Waals surface area contributed by atoms with Gasteiger partial charge in [-0.05, 0) is 54.4 Å². The van der Waals surface area contributed by atoms with Crippen molar-refractivity contribution >= 4 is 29.3 Å². The van der Waals surface area contributed by atoms with Crippen molar-refractivity contribution in [2.24, 2.45) is 5.92 Å². The standard InChI is InChI=1S/C28H27FN2O4S/c1-17(27(32)30-18(2)20-9-12-23-24(15-20)35-14-13-34-23)26-28(33)31(16-19-7-10-21(29)11-8-19)22-5-3-4-6-25(22)36-26/h3-12,15,17-18,26H,13-14,16H2,1-2H3,(H,30,32). The van der Waals surface area contributed by atoms with Crippen molar-refractivity contribution in [1.82, 2.24) is 5.32 Å². The van der Waals surface area contributed by atoms with Crippen molar-refractivity contribution in [2.75, 3.05) is 18.1 Å². The molecule has 2 heterocycles. The fourth-order valence-corrected chi connectivity index (χ4v) is 5.67. The fourth-order valence-electron chi connectivity index (χ4n) is 4.39. The van der Waals surface area contributed by atoms with Gasteiger partial charge in [-0.1, -0.05) is 37.3 Å². The molecule has 3 aromatic carbocycles. The van der Waals surface area contributed by atoms with Gasteiger partial charge in [-0.3, -0.25) is 9.59 Å². The number of ether oxygens (including phenoxy) is 2. The number of para-hydroxylation sites is 1. The van der Waals surface area contributed by atoms with E-state index in [1.54, 1.807) is 24.0 Å². The van der Waals surface area contributed by atoms with E-state index < -0.39 is 11.2 Å². The lowest BCUT2D eigenvalue weighted by Gasteiger charge is -2.36. The maximum absolute atomic E-state index is 13.6. The summed E-state index contributed by atoms with van der Waals surface area (Å²) in [5.41, 5.74) is 2.51. The van der Waals surface area contributed by atoms with Gasteiger partial charge in [0, 0.05) is 4.90 Å². The van der Waals surface area contributed by atoms with E-state index in [-0.39, 0.29) is 23.7 Å². The van der Waals surface area contributed by atoms with Gasteiger partial charge in [-0.25, -0.2) is 4.39 Å². The minimum absolute atomic E-state index is 0.141. The summed E-state index contributed by atoms with van der Waals surface area (Å²) in [7, 11) is 0. The number of benzene rings is 3. The average Bonchev–Trinajstić information content (AvgIpc) is 2.90.